The molecule has 0 aliphatic heterocycles. The zero-order chi connectivity index (χ0) is 20.2. The topological polar surface area (TPSA) is 104 Å². The number of carbonyl (C=O) groups is 2. The lowest BCUT2D eigenvalue weighted by atomic mass is 10.1. The Morgan fingerprint density at radius 3 is 2.04 bits per heavy atom. The predicted molar refractivity (Wildman–Crippen MR) is 107 cm³/mol. The molecule has 144 valence electrons. The first-order valence-electron chi connectivity index (χ1n) is 8.29. The third kappa shape index (κ3) is 6.10. The molecule has 8 heteroatoms. The molecule has 0 fully saturated rings. The fourth-order valence-corrected chi connectivity index (χ4v) is 3.29. The van der Waals surface area contributed by atoms with Crippen LogP contribution in [-0.4, -0.2) is 33.0 Å². The van der Waals surface area contributed by atoms with Gasteiger partial charge < -0.3 is 10.6 Å². The summed E-state index contributed by atoms with van der Waals surface area (Å²) in [5.74, 6) is -0.748. The number of hydrogen-bond donors (Lipinski definition) is 3. The number of benzene rings is 2. The van der Waals surface area contributed by atoms with Gasteiger partial charge in [0.1, 0.15) is 0 Å². The van der Waals surface area contributed by atoms with Crippen molar-refractivity contribution in [1.29, 1.82) is 0 Å². The van der Waals surface area contributed by atoms with E-state index in [1.165, 1.54) is 24.3 Å². The normalized spacial score (nSPS) is 11.0. The molecule has 2 aromatic carbocycles. The number of carbonyl (C=O) groups excluding carboxylic acids is 2. The molecule has 27 heavy (non-hydrogen) atoms. The Kier molecular flexibility index (Phi) is 6.22. The van der Waals surface area contributed by atoms with E-state index in [9.17, 15) is 18.0 Å². The summed E-state index contributed by atoms with van der Waals surface area (Å²) in [5.41, 5.74) is 4.46. The minimum absolute atomic E-state index is 0.172. The maximum atomic E-state index is 12.1. The molecular weight excluding hydrogens is 366 g/mol. The fourth-order valence-electron chi connectivity index (χ4n) is 2.73. The molecule has 0 aromatic heterocycles. The van der Waals surface area contributed by atoms with E-state index in [0.717, 1.165) is 28.6 Å². The minimum atomic E-state index is -3.37. The van der Waals surface area contributed by atoms with Crippen LogP contribution in [0.1, 0.15) is 27.0 Å². The van der Waals surface area contributed by atoms with Crippen molar-refractivity contribution in [2.45, 2.75) is 20.8 Å². The van der Waals surface area contributed by atoms with E-state index < -0.39 is 15.9 Å². The first-order chi connectivity index (χ1) is 12.5. The Morgan fingerprint density at radius 1 is 0.963 bits per heavy atom. The van der Waals surface area contributed by atoms with Crippen LogP contribution in [0.4, 0.5) is 11.4 Å². The lowest BCUT2D eigenvalue weighted by Crippen LogP contribution is -2.33. The van der Waals surface area contributed by atoms with Crippen molar-refractivity contribution in [2.24, 2.45) is 0 Å². The standard InChI is InChI=1S/C19H23N3O4S/c1-12-9-13(2)18(14(3)10-12)21-17(23)11-20-19(24)15-5-7-16(8-6-15)22-27(4,25)26/h5-10,22H,11H2,1-4H3,(H,20,24)(H,21,23). The van der Waals surface area contributed by atoms with E-state index in [1.807, 2.05) is 32.9 Å². The quantitative estimate of drug-likeness (QED) is 0.705. The molecule has 2 aromatic rings. The molecule has 0 aliphatic carbocycles. The average Bonchev–Trinajstić information content (AvgIpc) is 2.55. The van der Waals surface area contributed by atoms with Crippen LogP contribution >= 0.6 is 0 Å². The van der Waals surface area contributed by atoms with Crippen LogP contribution in [0.2, 0.25) is 0 Å². The summed E-state index contributed by atoms with van der Waals surface area (Å²) >= 11 is 0. The van der Waals surface area contributed by atoms with Gasteiger partial charge in [-0.15, -0.1) is 0 Å². The fraction of sp³-hybridized carbons (Fsp3) is 0.263. The second-order valence-corrected chi connectivity index (χ2v) is 8.20. The van der Waals surface area contributed by atoms with Gasteiger partial charge in [-0.3, -0.25) is 14.3 Å². The maximum Gasteiger partial charge on any atom is 0.251 e. The summed E-state index contributed by atoms with van der Waals surface area (Å²) in [6, 6.07) is 9.88. The van der Waals surface area contributed by atoms with Gasteiger partial charge in [0.25, 0.3) is 5.91 Å². The van der Waals surface area contributed by atoms with Crippen LogP contribution in [0, 0.1) is 20.8 Å². The van der Waals surface area contributed by atoms with E-state index >= 15 is 0 Å². The molecule has 0 saturated carbocycles. The van der Waals surface area contributed by atoms with Gasteiger partial charge in [0.2, 0.25) is 15.9 Å². The summed E-state index contributed by atoms with van der Waals surface area (Å²) in [5, 5.41) is 5.36. The van der Waals surface area contributed by atoms with Crippen molar-refractivity contribution in [3.05, 3.63) is 58.7 Å². The van der Waals surface area contributed by atoms with Crippen molar-refractivity contribution >= 4 is 33.2 Å². The third-order valence-electron chi connectivity index (χ3n) is 3.80. The zero-order valence-electron chi connectivity index (χ0n) is 15.7. The number of amides is 2. The van der Waals surface area contributed by atoms with Crippen LogP contribution in [0.15, 0.2) is 36.4 Å². The number of hydrogen-bond acceptors (Lipinski definition) is 4. The first kappa shape index (κ1) is 20.4. The molecule has 0 heterocycles. The average molecular weight is 389 g/mol. The van der Waals surface area contributed by atoms with Crippen molar-refractivity contribution in [3.63, 3.8) is 0 Å². The van der Waals surface area contributed by atoms with Gasteiger partial charge in [-0.05, 0) is 56.2 Å². The van der Waals surface area contributed by atoms with Gasteiger partial charge in [-0.25, -0.2) is 8.42 Å². The molecule has 7 nitrogen and oxygen atoms in total. The number of sulfonamides is 1. The molecule has 0 radical (unpaired) electrons. The van der Waals surface area contributed by atoms with Crippen molar-refractivity contribution in [1.82, 2.24) is 5.32 Å². The van der Waals surface area contributed by atoms with Crippen LogP contribution in [0.5, 0.6) is 0 Å². The number of anilines is 2. The Hall–Kier alpha value is -2.87. The van der Waals surface area contributed by atoms with Gasteiger partial charge in [-0.2, -0.15) is 0 Å². The van der Waals surface area contributed by atoms with Gasteiger partial charge in [0.15, 0.2) is 0 Å². The molecule has 0 unspecified atom stereocenters. The molecule has 2 amide bonds. The molecular formula is C19H23N3O4S. The minimum Gasteiger partial charge on any atom is -0.343 e. The first-order valence-corrected chi connectivity index (χ1v) is 10.2. The van der Waals surface area contributed by atoms with Crippen LogP contribution < -0.4 is 15.4 Å². The molecule has 0 saturated heterocycles. The number of nitrogens with one attached hydrogen (secondary N) is 3. The van der Waals surface area contributed by atoms with E-state index in [4.69, 9.17) is 0 Å². The third-order valence-corrected chi connectivity index (χ3v) is 4.41. The highest BCUT2D eigenvalue weighted by molar-refractivity contribution is 7.92. The second kappa shape index (κ2) is 8.22. The number of aryl methyl sites for hydroxylation is 3. The largest absolute Gasteiger partial charge is 0.343 e. The summed E-state index contributed by atoms with van der Waals surface area (Å²) < 4.78 is 24.7. The van der Waals surface area contributed by atoms with Crippen molar-refractivity contribution in [3.8, 4) is 0 Å². The molecule has 0 bridgehead atoms. The Balaban J connectivity index is 1.94. The van der Waals surface area contributed by atoms with E-state index in [1.54, 1.807) is 0 Å². The zero-order valence-corrected chi connectivity index (χ0v) is 16.5. The summed E-state index contributed by atoms with van der Waals surface area (Å²) in [6.07, 6.45) is 1.05. The summed E-state index contributed by atoms with van der Waals surface area (Å²) in [6.45, 7) is 5.65. The molecule has 0 spiro atoms. The van der Waals surface area contributed by atoms with Crippen LogP contribution in [0.25, 0.3) is 0 Å². The van der Waals surface area contributed by atoms with Gasteiger partial charge in [0.05, 0.1) is 12.8 Å². The smallest absolute Gasteiger partial charge is 0.251 e. The maximum absolute atomic E-state index is 12.1. The molecule has 0 atom stereocenters. The lowest BCUT2D eigenvalue weighted by molar-refractivity contribution is -0.115. The van der Waals surface area contributed by atoms with Gasteiger partial charge in [-0.1, -0.05) is 17.7 Å². The van der Waals surface area contributed by atoms with E-state index in [-0.39, 0.29) is 12.5 Å². The lowest BCUT2D eigenvalue weighted by Gasteiger charge is -2.13. The number of rotatable bonds is 6. The highest BCUT2D eigenvalue weighted by Gasteiger charge is 2.11. The van der Waals surface area contributed by atoms with Crippen LogP contribution in [-0.2, 0) is 14.8 Å². The molecule has 2 rings (SSSR count). The Labute approximate surface area is 159 Å². The molecule has 0 aliphatic rings. The highest BCUT2D eigenvalue weighted by Crippen LogP contribution is 2.21. The summed E-state index contributed by atoms with van der Waals surface area (Å²) in [4.78, 5) is 24.3. The van der Waals surface area contributed by atoms with E-state index in [0.29, 0.717) is 11.3 Å². The SMILES string of the molecule is Cc1cc(C)c(NC(=O)CNC(=O)c2ccc(NS(C)(=O)=O)cc2)c(C)c1. The monoisotopic (exact) mass is 389 g/mol. The van der Waals surface area contributed by atoms with Gasteiger partial charge >= 0.3 is 0 Å². The van der Waals surface area contributed by atoms with Crippen molar-refractivity contribution < 1.29 is 18.0 Å². The van der Waals surface area contributed by atoms with Crippen molar-refractivity contribution in [2.75, 3.05) is 22.8 Å². The second-order valence-electron chi connectivity index (χ2n) is 6.46. The van der Waals surface area contributed by atoms with Gasteiger partial charge in [0, 0.05) is 16.9 Å². The molecule has 3 N–H and O–H groups in total. The predicted octanol–water partition coefficient (Wildman–Crippen LogP) is 2.35. The highest BCUT2D eigenvalue weighted by atomic mass is 32.2. The Morgan fingerprint density at radius 2 is 1.52 bits per heavy atom. The van der Waals surface area contributed by atoms with E-state index in [2.05, 4.69) is 15.4 Å². The Bertz CT molecular complexity index is 944. The van der Waals surface area contributed by atoms with Crippen LogP contribution in [0.3, 0.4) is 0 Å². The summed E-state index contributed by atoms with van der Waals surface area (Å²) in [7, 11) is -3.37.